The van der Waals surface area contributed by atoms with Crippen LogP contribution >= 0.6 is 28.1 Å². The molecule has 6 heteroatoms. The van der Waals surface area contributed by atoms with Gasteiger partial charge in [0.1, 0.15) is 4.99 Å². The fourth-order valence-electron chi connectivity index (χ4n) is 1.41. The Kier molecular flexibility index (Phi) is 5.37. The van der Waals surface area contributed by atoms with Gasteiger partial charge in [-0.05, 0) is 34.5 Å². The topological polar surface area (TPSA) is 81.1 Å². The van der Waals surface area contributed by atoms with Crippen molar-refractivity contribution in [3.8, 4) is 0 Å². The highest BCUT2D eigenvalue weighted by Gasteiger charge is 2.08. The Bertz CT molecular complexity index is 437. The summed E-state index contributed by atoms with van der Waals surface area (Å²) in [5.74, 6) is -0.296. The van der Waals surface area contributed by atoms with Crippen LogP contribution in [0.15, 0.2) is 22.7 Å². The van der Waals surface area contributed by atoms with Gasteiger partial charge in [-0.15, -0.1) is 0 Å². The Balaban J connectivity index is 2.67. The number of rotatable bonds is 6. The molecule has 0 atom stereocenters. The van der Waals surface area contributed by atoms with Crippen molar-refractivity contribution >= 4 is 44.7 Å². The van der Waals surface area contributed by atoms with Gasteiger partial charge in [-0.25, -0.2) is 0 Å². The molecule has 0 aliphatic heterocycles. The van der Waals surface area contributed by atoms with Crippen molar-refractivity contribution in [1.82, 2.24) is 0 Å². The van der Waals surface area contributed by atoms with Crippen molar-refractivity contribution in [1.29, 1.82) is 0 Å². The number of nitrogens with one attached hydrogen (secondary N) is 1. The molecule has 0 spiro atoms. The summed E-state index contributed by atoms with van der Waals surface area (Å²) in [5.41, 5.74) is 12.4. The predicted octanol–water partition coefficient (Wildman–Crippen LogP) is 1.76. The van der Waals surface area contributed by atoms with Gasteiger partial charge in [0.2, 0.25) is 5.91 Å². The van der Waals surface area contributed by atoms with E-state index in [-0.39, 0.29) is 5.91 Å². The van der Waals surface area contributed by atoms with Crippen molar-refractivity contribution < 1.29 is 4.79 Å². The minimum Gasteiger partial charge on any atom is -0.389 e. The number of hydrogen-bond acceptors (Lipinski definition) is 3. The second-order valence-corrected chi connectivity index (χ2v) is 4.82. The normalized spacial score (nSPS) is 9.94. The first-order chi connectivity index (χ1) is 8.02. The summed E-state index contributed by atoms with van der Waals surface area (Å²) in [5, 5.41) is 3.19. The lowest BCUT2D eigenvalue weighted by Crippen LogP contribution is -2.16. The lowest BCUT2D eigenvalue weighted by molar-refractivity contribution is -0.118. The highest BCUT2D eigenvalue weighted by molar-refractivity contribution is 9.10. The first kappa shape index (κ1) is 13.9. The maximum Gasteiger partial charge on any atom is 0.217 e. The van der Waals surface area contributed by atoms with Crippen LogP contribution in [0.4, 0.5) is 5.69 Å². The third-order valence-electron chi connectivity index (χ3n) is 2.18. The number of nitrogens with two attached hydrogens (primary N) is 2. The molecule has 0 saturated carbocycles. The molecule has 0 fully saturated rings. The van der Waals surface area contributed by atoms with Crippen LogP contribution in [0.25, 0.3) is 0 Å². The Morgan fingerprint density at radius 3 is 2.71 bits per heavy atom. The van der Waals surface area contributed by atoms with E-state index in [1.807, 2.05) is 18.2 Å². The monoisotopic (exact) mass is 315 g/mol. The average Bonchev–Trinajstić information content (AvgIpc) is 2.23. The summed E-state index contributed by atoms with van der Waals surface area (Å²) in [7, 11) is 0. The van der Waals surface area contributed by atoms with Crippen LogP contribution in [0.5, 0.6) is 0 Å². The molecule has 1 rings (SSSR count). The van der Waals surface area contributed by atoms with Gasteiger partial charge < -0.3 is 16.8 Å². The van der Waals surface area contributed by atoms with E-state index >= 15 is 0 Å². The molecule has 1 aromatic rings. The largest absolute Gasteiger partial charge is 0.389 e. The quantitative estimate of drug-likeness (QED) is 0.552. The minimum atomic E-state index is -0.296. The molecule has 0 unspecified atom stereocenters. The van der Waals surface area contributed by atoms with Gasteiger partial charge in [-0.1, -0.05) is 18.3 Å². The molecule has 1 aromatic carbocycles. The zero-order valence-corrected chi connectivity index (χ0v) is 11.6. The maximum atomic E-state index is 10.6. The Morgan fingerprint density at radius 2 is 2.12 bits per heavy atom. The molecule has 0 heterocycles. The molecule has 0 radical (unpaired) electrons. The van der Waals surface area contributed by atoms with Crippen LogP contribution in [0.2, 0.25) is 0 Å². The third kappa shape index (κ3) is 4.32. The molecule has 17 heavy (non-hydrogen) atoms. The summed E-state index contributed by atoms with van der Waals surface area (Å²) < 4.78 is 0.852. The van der Waals surface area contributed by atoms with Crippen molar-refractivity contribution in [2.24, 2.45) is 11.5 Å². The third-order valence-corrected chi connectivity index (χ3v) is 3.04. The number of primary amides is 1. The van der Waals surface area contributed by atoms with Gasteiger partial charge in [-0.3, -0.25) is 4.79 Å². The highest BCUT2D eigenvalue weighted by Crippen LogP contribution is 2.24. The smallest absolute Gasteiger partial charge is 0.217 e. The van der Waals surface area contributed by atoms with Gasteiger partial charge in [0.25, 0.3) is 0 Å². The van der Waals surface area contributed by atoms with E-state index in [4.69, 9.17) is 23.7 Å². The molecule has 0 aliphatic rings. The zero-order valence-electron chi connectivity index (χ0n) is 9.20. The Labute approximate surface area is 114 Å². The van der Waals surface area contributed by atoms with Gasteiger partial charge in [0.05, 0.1) is 0 Å². The Hall–Kier alpha value is -1.14. The summed E-state index contributed by atoms with van der Waals surface area (Å²) in [6.45, 7) is 0.648. The number of thiocarbonyl (C=S) groups is 1. The summed E-state index contributed by atoms with van der Waals surface area (Å²) in [6, 6.07) is 5.66. The van der Waals surface area contributed by atoms with Crippen molar-refractivity contribution in [2.75, 3.05) is 11.9 Å². The van der Waals surface area contributed by atoms with Crippen molar-refractivity contribution in [3.63, 3.8) is 0 Å². The summed E-state index contributed by atoms with van der Waals surface area (Å²) in [4.78, 5) is 10.9. The summed E-state index contributed by atoms with van der Waals surface area (Å²) in [6.07, 6.45) is 1.04. The van der Waals surface area contributed by atoms with Crippen LogP contribution in [0, 0.1) is 0 Å². The van der Waals surface area contributed by atoms with E-state index in [9.17, 15) is 4.79 Å². The number of halogens is 1. The molecule has 0 saturated heterocycles. The molecule has 0 aromatic heterocycles. The summed E-state index contributed by atoms with van der Waals surface area (Å²) >= 11 is 8.39. The predicted molar refractivity (Wildman–Crippen MR) is 76.9 cm³/mol. The SMILES string of the molecule is NC(=O)CCCNc1cccc(Br)c1C(N)=S. The van der Waals surface area contributed by atoms with Crippen LogP contribution in [0.3, 0.4) is 0 Å². The molecule has 0 bridgehead atoms. The Morgan fingerprint density at radius 1 is 1.41 bits per heavy atom. The minimum absolute atomic E-state index is 0.296. The standard InChI is InChI=1S/C11H14BrN3OS/c12-7-3-1-4-8(10(7)11(14)17)15-6-2-5-9(13)16/h1,3-4,15H,2,5-6H2,(H2,13,16)(H2,14,17). The number of benzene rings is 1. The number of carbonyl (C=O) groups excluding carboxylic acids is 1. The second-order valence-electron chi connectivity index (χ2n) is 3.52. The molecule has 0 aliphatic carbocycles. The van der Waals surface area contributed by atoms with E-state index < -0.39 is 0 Å². The molecular formula is C11H14BrN3OS. The first-order valence-electron chi connectivity index (χ1n) is 5.13. The molecule has 92 valence electrons. The molecule has 5 N–H and O–H groups in total. The molecule has 1 amide bonds. The van der Waals surface area contributed by atoms with E-state index in [0.29, 0.717) is 24.4 Å². The van der Waals surface area contributed by atoms with Crippen LogP contribution in [-0.4, -0.2) is 17.4 Å². The lowest BCUT2D eigenvalue weighted by atomic mass is 10.1. The second kappa shape index (κ2) is 6.56. The van der Waals surface area contributed by atoms with Gasteiger partial charge >= 0.3 is 0 Å². The maximum absolute atomic E-state index is 10.6. The number of hydrogen-bond donors (Lipinski definition) is 3. The molecular weight excluding hydrogens is 302 g/mol. The van der Waals surface area contributed by atoms with Crippen LogP contribution in [0.1, 0.15) is 18.4 Å². The van der Waals surface area contributed by atoms with E-state index in [2.05, 4.69) is 21.2 Å². The zero-order chi connectivity index (χ0) is 12.8. The number of carbonyl (C=O) groups is 1. The van der Waals surface area contributed by atoms with Gasteiger partial charge in [-0.2, -0.15) is 0 Å². The average molecular weight is 316 g/mol. The fourth-order valence-corrected chi connectivity index (χ4v) is 2.34. The van der Waals surface area contributed by atoms with Crippen LogP contribution < -0.4 is 16.8 Å². The number of anilines is 1. The molecule has 4 nitrogen and oxygen atoms in total. The highest BCUT2D eigenvalue weighted by atomic mass is 79.9. The van der Waals surface area contributed by atoms with E-state index in [1.165, 1.54) is 0 Å². The fraction of sp³-hybridized carbons (Fsp3) is 0.273. The van der Waals surface area contributed by atoms with E-state index in [1.54, 1.807) is 0 Å². The van der Waals surface area contributed by atoms with Gasteiger partial charge in [0.15, 0.2) is 0 Å². The number of amides is 1. The van der Waals surface area contributed by atoms with Crippen LogP contribution in [-0.2, 0) is 4.79 Å². The first-order valence-corrected chi connectivity index (χ1v) is 6.33. The van der Waals surface area contributed by atoms with E-state index in [0.717, 1.165) is 15.7 Å². The lowest BCUT2D eigenvalue weighted by Gasteiger charge is -2.12. The van der Waals surface area contributed by atoms with Gasteiger partial charge in [0, 0.05) is 28.7 Å². The van der Waals surface area contributed by atoms with Crippen molar-refractivity contribution in [2.45, 2.75) is 12.8 Å². The van der Waals surface area contributed by atoms with Crippen molar-refractivity contribution in [3.05, 3.63) is 28.2 Å².